The van der Waals surface area contributed by atoms with E-state index in [0.717, 1.165) is 24.6 Å². The van der Waals surface area contributed by atoms with Crippen LogP contribution >= 0.6 is 0 Å². The number of unbranched alkanes of at least 4 members (excludes halogenated alkanes) is 1. The van der Waals surface area contributed by atoms with Crippen molar-refractivity contribution in [2.75, 3.05) is 13.1 Å². The number of hydrogen-bond acceptors (Lipinski definition) is 2. The summed E-state index contributed by atoms with van der Waals surface area (Å²) >= 11 is 0. The summed E-state index contributed by atoms with van der Waals surface area (Å²) in [5.41, 5.74) is 7.23. The van der Waals surface area contributed by atoms with E-state index in [-0.39, 0.29) is 11.9 Å². The maximum absolute atomic E-state index is 12.9. The van der Waals surface area contributed by atoms with Crippen molar-refractivity contribution >= 4 is 0 Å². The van der Waals surface area contributed by atoms with E-state index in [4.69, 9.17) is 5.73 Å². The highest BCUT2D eigenvalue weighted by atomic mass is 19.1. The van der Waals surface area contributed by atoms with Gasteiger partial charge in [0.15, 0.2) is 0 Å². The zero-order valence-corrected chi connectivity index (χ0v) is 11.8. The van der Waals surface area contributed by atoms with Crippen LogP contribution in [0.25, 0.3) is 0 Å². The zero-order valence-electron chi connectivity index (χ0n) is 11.8. The molecule has 19 heavy (non-hydrogen) atoms. The van der Waals surface area contributed by atoms with Gasteiger partial charge in [0.05, 0.1) is 0 Å². The average Bonchev–Trinajstić information content (AvgIpc) is 3.24. The molecule has 0 radical (unpaired) electrons. The van der Waals surface area contributed by atoms with Gasteiger partial charge in [-0.2, -0.15) is 0 Å². The first kappa shape index (κ1) is 14.5. The minimum atomic E-state index is -0.196. The van der Waals surface area contributed by atoms with Crippen molar-refractivity contribution in [1.82, 2.24) is 4.90 Å². The SMILES string of the molecule is CCCCN(CCC(N)c1ccc(F)cc1)C1CC1. The molecule has 0 bridgehead atoms. The molecule has 106 valence electrons. The van der Waals surface area contributed by atoms with Gasteiger partial charge in [0, 0.05) is 18.6 Å². The molecule has 0 aliphatic heterocycles. The predicted molar refractivity (Wildman–Crippen MR) is 77.4 cm³/mol. The van der Waals surface area contributed by atoms with Crippen molar-refractivity contribution in [1.29, 1.82) is 0 Å². The highest BCUT2D eigenvalue weighted by Gasteiger charge is 2.28. The molecule has 1 atom stereocenters. The predicted octanol–water partition coefficient (Wildman–Crippen LogP) is 3.48. The van der Waals surface area contributed by atoms with Crippen LogP contribution in [-0.2, 0) is 0 Å². The summed E-state index contributed by atoms with van der Waals surface area (Å²) in [6.45, 7) is 4.48. The highest BCUT2D eigenvalue weighted by Crippen LogP contribution is 2.28. The zero-order chi connectivity index (χ0) is 13.7. The molecule has 0 aromatic heterocycles. The van der Waals surface area contributed by atoms with Crippen LogP contribution in [0, 0.1) is 5.82 Å². The summed E-state index contributed by atoms with van der Waals surface area (Å²) in [7, 11) is 0. The molecule has 2 nitrogen and oxygen atoms in total. The Labute approximate surface area is 115 Å². The number of benzene rings is 1. The first-order chi connectivity index (χ1) is 9.20. The Balaban J connectivity index is 1.80. The van der Waals surface area contributed by atoms with Gasteiger partial charge in [0.25, 0.3) is 0 Å². The third-order valence-electron chi connectivity index (χ3n) is 3.89. The fourth-order valence-electron chi connectivity index (χ4n) is 2.46. The van der Waals surface area contributed by atoms with Gasteiger partial charge in [-0.15, -0.1) is 0 Å². The topological polar surface area (TPSA) is 29.3 Å². The van der Waals surface area contributed by atoms with Crippen molar-refractivity contribution in [2.24, 2.45) is 5.73 Å². The molecule has 1 aliphatic carbocycles. The van der Waals surface area contributed by atoms with Crippen LogP contribution in [0.4, 0.5) is 4.39 Å². The third kappa shape index (κ3) is 4.59. The first-order valence-electron chi connectivity index (χ1n) is 7.45. The van der Waals surface area contributed by atoms with Gasteiger partial charge >= 0.3 is 0 Å². The van der Waals surface area contributed by atoms with E-state index >= 15 is 0 Å². The Morgan fingerprint density at radius 2 is 1.95 bits per heavy atom. The molecule has 1 saturated carbocycles. The van der Waals surface area contributed by atoms with Gasteiger partial charge in [-0.25, -0.2) is 4.39 Å². The largest absolute Gasteiger partial charge is 0.324 e. The Bertz CT molecular complexity index is 373. The summed E-state index contributed by atoms with van der Waals surface area (Å²) in [5.74, 6) is -0.196. The molecule has 3 heteroatoms. The molecule has 1 aliphatic rings. The molecular formula is C16H25FN2. The Morgan fingerprint density at radius 1 is 1.26 bits per heavy atom. The number of halogens is 1. The molecule has 0 spiro atoms. The van der Waals surface area contributed by atoms with Crippen LogP contribution in [0.1, 0.15) is 50.6 Å². The number of nitrogens with zero attached hydrogens (tertiary/aromatic N) is 1. The smallest absolute Gasteiger partial charge is 0.123 e. The van der Waals surface area contributed by atoms with Crippen LogP contribution in [0.3, 0.4) is 0 Å². The Hall–Kier alpha value is -0.930. The van der Waals surface area contributed by atoms with Gasteiger partial charge < -0.3 is 10.6 Å². The maximum atomic E-state index is 12.9. The van der Waals surface area contributed by atoms with E-state index in [1.54, 1.807) is 12.1 Å². The number of rotatable bonds is 8. The number of nitrogens with two attached hydrogens (primary N) is 1. The van der Waals surface area contributed by atoms with Crippen molar-refractivity contribution in [3.63, 3.8) is 0 Å². The Morgan fingerprint density at radius 3 is 2.53 bits per heavy atom. The second-order valence-electron chi connectivity index (χ2n) is 5.57. The monoisotopic (exact) mass is 264 g/mol. The van der Waals surface area contributed by atoms with Crippen LogP contribution in [0.2, 0.25) is 0 Å². The van der Waals surface area contributed by atoms with Gasteiger partial charge in [0.2, 0.25) is 0 Å². The number of hydrogen-bond donors (Lipinski definition) is 1. The molecular weight excluding hydrogens is 239 g/mol. The molecule has 0 saturated heterocycles. The normalized spacial score (nSPS) is 16.8. The Kier molecular flexibility index (Phi) is 5.34. The average molecular weight is 264 g/mol. The lowest BCUT2D eigenvalue weighted by atomic mass is 10.0. The molecule has 1 unspecified atom stereocenters. The van der Waals surface area contributed by atoms with Gasteiger partial charge in [-0.3, -0.25) is 0 Å². The van der Waals surface area contributed by atoms with E-state index in [1.165, 1.54) is 44.4 Å². The second-order valence-corrected chi connectivity index (χ2v) is 5.57. The quantitative estimate of drug-likeness (QED) is 0.779. The standard InChI is InChI=1S/C16H25FN2/c1-2-3-11-19(15-8-9-15)12-10-16(18)13-4-6-14(17)7-5-13/h4-7,15-16H,2-3,8-12,18H2,1H3. The summed E-state index contributed by atoms with van der Waals surface area (Å²) < 4.78 is 12.9. The molecule has 1 aromatic rings. The maximum Gasteiger partial charge on any atom is 0.123 e. The summed E-state index contributed by atoms with van der Waals surface area (Å²) in [6, 6.07) is 7.40. The first-order valence-corrected chi connectivity index (χ1v) is 7.45. The van der Waals surface area contributed by atoms with Crippen LogP contribution in [0.15, 0.2) is 24.3 Å². The van der Waals surface area contributed by atoms with Crippen LogP contribution in [0.5, 0.6) is 0 Å². The fraction of sp³-hybridized carbons (Fsp3) is 0.625. The lowest BCUT2D eigenvalue weighted by Gasteiger charge is -2.23. The van der Waals surface area contributed by atoms with E-state index in [1.807, 2.05) is 0 Å². The lowest BCUT2D eigenvalue weighted by molar-refractivity contribution is 0.249. The summed E-state index contributed by atoms with van der Waals surface area (Å²) in [5, 5.41) is 0. The fourth-order valence-corrected chi connectivity index (χ4v) is 2.46. The van der Waals surface area contributed by atoms with Crippen molar-refractivity contribution in [3.8, 4) is 0 Å². The van der Waals surface area contributed by atoms with Gasteiger partial charge in [-0.05, 0) is 49.9 Å². The van der Waals surface area contributed by atoms with E-state index in [0.29, 0.717) is 0 Å². The van der Waals surface area contributed by atoms with E-state index < -0.39 is 0 Å². The van der Waals surface area contributed by atoms with Crippen molar-refractivity contribution < 1.29 is 4.39 Å². The summed E-state index contributed by atoms with van der Waals surface area (Å²) in [6.07, 6.45) is 6.15. The third-order valence-corrected chi connectivity index (χ3v) is 3.89. The van der Waals surface area contributed by atoms with Crippen molar-refractivity contribution in [3.05, 3.63) is 35.6 Å². The van der Waals surface area contributed by atoms with E-state index in [9.17, 15) is 4.39 Å². The molecule has 2 rings (SSSR count). The van der Waals surface area contributed by atoms with Crippen molar-refractivity contribution in [2.45, 2.75) is 51.1 Å². The van der Waals surface area contributed by atoms with Gasteiger partial charge in [0.1, 0.15) is 5.82 Å². The van der Waals surface area contributed by atoms with Crippen LogP contribution in [-0.4, -0.2) is 24.0 Å². The molecule has 2 N–H and O–H groups in total. The minimum Gasteiger partial charge on any atom is -0.324 e. The molecule has 0 heterocycles. The van der Waals surface area contributed by atoms with Gasteiger partial charge in [-0.1, -0.05) is 25.5 Å². The molecule has 0 amide bonds. The molecule has 1 fully saturated rings. The lowest BCUT2D eigenvalue weighted by Crippen LogP contribution is -2.30. The minimum absolute atomic E-state index is 0.0171. The van der Waals surface area contributed by atoms with Crippen LogP contribution < -0.4 is 5.73 Å². The summed E-state index contributed by atoms with van der Waals surface area (Å²) in [4.78, 5) is 2.58. The highest BCUT2D eigenvalue weighted by molar-refractivity contribution is 5.19. The second kappa shape index (κ2) is 7.01. The molecule has 1 aromatic carbocycles. The van der Waals surface area contributed by atoms with E-state index in [2.05, 4.69) is 11.8 Å².